The lowest BCUT2D eigenvalue weighted by Gasteiger charge is -2.04. The van der Waals surface area contributed by atoms with Gasteiger partial charge in [-0.05, 0) is 18.6 Å². The summed E-state index contributed by atoms with van der Waals surface area (Å²) in [7, 11) is 0. The number of halogens is 2. The van der Waals surface area contributed by atoms with Crippen LogP contribution < -0.4 is 0 Å². The lowest BCUT2D eigenvalue weighted by atomic mass is 10.1. The first kappa shape index (κ1) is 16.9. The summed E-state index contributed by atoms with van der Waals surface area (Å²) in [5.41, 5.74) is 1.31. The van der Waals surface area contributed by atoms with Crippen LogP contribution in [0.4, 0.5) is 0 Å². The minimum absolute atomic E-state index is 0.0663. The molecule has 0 atom stereocenters. The Morgan fingerprint density at radius 1 is 1.29 bits per heavy atom. The number of benzene rings is 1. The molecule has 0 radical (unpaired) electrons. The third-order valence-corrected chi connectivity index (χ3v) is 4.25. The van der Waals surface area contributed by atoms with Gasteiger partial charge in [-0.25, -0.2) is 14.8 Å². The van der Waals surface area contributed by atoms with Crippen LogP contribution in [0.2, 0.25) is 5.15 Å². The number of ether oxygens (including phenoxy) is 1. The number of aromatic nitrogens is 2. The predicted molar refractivity (Wildman–Crippen MR) is 95.1 cm³/mol. The number of carbonyl (C=O) groups excluding carboxylic acids is 1. The van der Waals surface area contributed by atoms with E-state index in [1.54, 1.807) is 0 Å². The SMILES string of the molecule is CCCCOC(=O)c1nc(Cl)c2coc(-c3ccc(Br)cc3)c2n1. The van der Waals surface area contributed by atoms with Crippen molar-refractivity contribution in [2.45, 2.75) is 19.8 Å². The molecule has 0 aliphatic heterocycles. The number of esters is 1. The smallest absolute Gasteiger partial charge is 0.376 e. The fourth-order valence-corrected chi connectivity index (χ4v) is 2.64. The van der Waals surface area contributed by atoms with Crippen molar-refractivity contribution in [1.82, 2.24) is 9.97 Å². The Kier molecular flexibility index (Phi) is 5.16. The summed E-state index contributed by atoms with van der Waals surface area (Å²) in [6.45, 7) is 2.35. The molecule has 0 aliphatic rings. The maximum atomic E-state index is 12.1. The van der Waals surface area contributed by atoms with Crippen LogP contribution in [0, 0.1) is 0 Å². The molecule has 24 heavy (non-hydrogen) atoms. The number of rotatable bonds is 5. The first-order chi connectivity index (χ1) is 11.6. The van der Waals surface area contributed by atoms with Gasteiger partial charge >= 0.3 is 5.97 Å². The van der Waals surface area contributed by atoms with Gasteiger partial charge in [0, 0.05) is 10.0 Å². The van der Waals surface area contributed by atoms with Crippen LogP contribution in [0.3, 0.4) is 0 Å². The van der Waals surface area contributed by atoms with Crippen molar-refractivity contribution >= 4 is 44.4 Å². The highest BCUT2D eigenvalue weighted by Crippen LogP contribution is 2.33. The highest BCUT2D eigenvalue weighted by atomic mass is 79.9. The van der Waals surface area contributed by atoms with Crippen molar-refractivity contribution in [2.75, 3.05) is 6.61 Å². The molecule has 0 unspecified atom stereocenters. The van der Waals surface area contributed by atoms with Gasteiger partial charge < -0.3 is 9.15 Å². The van der Waals surface area contributed by atoms with E-state index in [-0.39, 0.29) is 11.0 Å². The van der Waals surface area contributed by atoms with Gasteiger partial charge in [0.15, 0.2) is 5.76 Å². The Morgan fingerprint density at radius 2 is 2.04 bits per heavy atom. The molecule has 0 aliphatic carbocycles. The third kappa shape index (κ3) is 3.44. The lowest BCUT2D eigenvalue weighted by Crippen LogP contribution is -2.11. The predicted octanol–water partition coefficient (Wildman–Crippen LogP) is 5.26. The molecule has 0 fully saturated rings. The molecular weight excluding hydrogens is 396 g/mol. The third-order valence-electron chi connectivity index (χ3n) is 3.43. The summed E-state index contributed by atoms with van der Waals surface area (Å²) >= 11 is 9.56. The first-order valence-electron chi connectivity index (χ1n) is 7.48. The minimum atomic E-state index is -0.588. The molecule has 2 heterocycles. The number of fused-ring (bicyclic) bond motifs is 1. The highest BCUT2D eigenvalue weighted by molar-refractivity contribution is 9.10. The average molecular weight is 410 g/mol. The van der Waals surface area contributed by atoms with Crippen molar-refractivity contribution in [1.29, 1.82) is 0 Å². The molecule has 0 bridgehead atoms. The zero-order valence-electron chi connectivity index (χ0n) is 12.9. The summed E-state index contributed by atoms with van der Waals surface area (Å²) in [5, 5.41) is 0.717. The van der Waals surface area contributed by atoms with Crippen LogP contribution in [-0.4, -0.2) is 22.5 Å². The van der Waals surface area contributed by atoms with Gasteiger partial charge in [-0.15, -0.1) is 0 Å². The zero-order valence-corrected chi connectivity index (χ0v) is 15.2. The maximum Gasteiger partial charge on any atom is 0.376 e. The molecule has 0 amide bonds. The van der Waals surface area contributed by atoms with Gasteiger partial charge in [-0.1, -0.05) is 53.0 Å². The number of furan rings is 1. The standard InChI is InChI=1S/C17H14BrClN2O3/c1-2-3-8-23-17(22)16-20-13-12(15(19)21-16)9-24-14(13)10-4-6-11(18)7-5-10/h4-7,9H,2-3,8H2,1H3. The van der Waals surface area contributed by atoms with E-state index in [1.165, 1.54) is 6.26 Å². The quantitative estimate of drug-likeness (QED) is 0.326. The Bertz CT molecular complexity index is 877. The maximum absolute atomic E-state index is 12.1. The molecule has 0 N–H and O–H groups in total. The van der Waals surface area contributed by atoms with Gasteiger partial charge in [0.2, 0.25) is 5.82 Å². The fraction of sp³-hybridized carbons (Fsp3) is 0.235. The molecule has 3 aromatic rings. The number of unbranched alkanes of at least 4 members (excludes halogenated alkanes) is 1. The van der Waals surface area contributed by atoms with Crippen molar-refractivity contribution in [2.24, 2.45) is 0 Å². The van der Waals surface area contributed by atoms with Gasteiger partial charge in [0.1, 0.15) is 16.9 Å². The Labute approximate surface area is 152 Å². The number of carbonyl (C=O) groups is 1. The van der Waals surface area contributed by atoms with E-state index in [2.05, 4.69) is 25.9 Å². The van der Waals surface area contributed by atoms with Crippen LogP contribution in [0.5, 0.6) is 0 Å². The molecular formula is C17H14BrClN2O3. The minimum Gasteiger partial charge on any atom is -0.461 e. The van der Waals surface area contributed by atoms with Crippen molar-refractivity contribution in [3.05, 3.63) is 46.0 Å². The Balaban J connectivity index is 2.01. The van der Waals surface area contributed by atoms with Crippen LogP contribution in [0.25, 0.3) is 22.2 Å². The van der Waals surface area contributed by atoms with Crippen LogP contribution in [0.1, 0.15) is 30.4 Å². The monoisotopic (exact) mass is 408 g/mol. The molecule has 124 valence electrons. The molecule has 1 aromatic carbocycles. The summed E-state index contributed by atoms with van der Waals surface area (Å²) < 4.78 is 11.7. The summed E-state index contributed by atoms with van der Waals surface area (Å²) in [4.78, 5) is 20.4. The number of nitrogens with zero attached hydrogens (tertiary/aromatic N) is 2. The summed E-state index contributed by atoms with van der Waals surface area (Å²) in [5.74, 6) is -0.122. The molecule has 2 aromatic heterocycles. The van der Waals surface area contributed by atoms with E-state index in [9.17, 15) is 4.79 Å². The van der Waals surface area contributed by atoms with E-state index in [1.807, 2.05) is 31.2 Å². The Hall–Kier alpha value is -1.92. The molecule has 7 heteroatoms. The molecule has 3 rings (SSSR count). The second-order valence-electron chi connectivity index (χ2n) is 5.16. The van der Waals surface area contributed by atoms with Crippen LogP contribution in [0.15, 0.2) is 39.4 Å². The van der Waals surface area contributed by atoms with Gasteiger partial charge in [0.05, 0.1) is 12.0 Å². The first-order valence-corrected chi connectivity index (χ1v) is 8.65. The zero-order chi connectivity index (χ0) is 17.1. The molecule has 0 saturated carbocycles. The van der Waals surface area contributed by atoms with Gasteiger partial charge in [-0.3, -0.25) is 0 Å². The van der Waals surface area contributed by atoms with Crippen molar-refractivity contribution in [3.63, 3.8) is 0 Å². The summed E-state index contributed by atoms with van der Waals surface area (Å²) in [6.07, 6.45) is 3.21. The molecule has 0 spiro atoms. The van der Waals surface area contributed by atoms with Gasteiger partial charge in [0.25, 0.3) is 0 Å². The van der Waals surface area contributed by atoms with E-state index < -0.39 is 5.97 Å². The Morgan fingerprint density at radius 3 is 2.75 bits per heavy atom. The highest BCUT2D eigenvalue weighted by Gasteiger charge is 2.19. The van der Waals surface area contributed by atoms with Gasteiger partial charge in [-0.2, -0.15) is 0 Å². The molecule has 0 saturated heterocycles. The number of hydrogen-bond acceptors (Lipinski definition) is 5. The second kappa shape index (κ2) is 7.32. The summed E-state index contributed by atoms with van der Waals surface area (Å²) in [6, 6.07) is 7.56. The van der Waals surface area contributed by atoms with E-state index in [0.717, 1.165) is 22.9 Å². The average Bonchev–Trinajstić information content (AvgIpc) is 3.00. The van der Waals surface area contributed by atoms with Crippen LogP contribution >= 0.6 is 27.5 Å². The topological polar surface area (TPSA) is 65.2 Å². The molecule has 5 nitrogen and oxygen atoms in total. The van der Waals surface area contributed by atoms with Crippen LogP contribution in [-0.2, 0) is 4.74 Å². The van der Waals surface area contributed by atoms with E-state index in [4.69, 9.17) is 20.8 Å². The number of hydrogen-bond donors (Lipinski definition) is 0. The van der Waals surface area contributed by atoms with E-state index in [0.29, 0.717) is 23.3 Å². The second-order valence-corrected chi connectivity index (χ2v) is 6.44. The van der Waals surface area contributed by atoms with Crippen molar-refractivity contribution in [3.8, 4) is 11.3 Å². The normalized spacial score (nSPS) is 11.0. The van der Waals surface area contributed by atoms with E-state index >= 15 is 0 Å². The fourth-order valence-electron chi connectivity index (χ4n) is 2.16. The van der Waals surface area contributed by atoms with Crippen molar-refractivity contribution < 1.29 is 13.9 Å². The largest absolute Gasteiger partial charge is 0.461 e. The lowest BCUT2D eigenvalue weighted by molar-refractivity contribution is 0.0486.